The molecule has 18 heavy (non-hydrogen) atoms. The maximum Gasteiger partial charge on any atom is 0.0991 e. The van der Waals surface area contributed by atoms with E-state index in [1.54, 1.807) is 0 Å². The van der Waals surface area contributed by atoms with E-state index in [1.165, 1.54) is 17.7 Å². The molecule has 1 heterocycles. The van der Waals surface area contributed by atoms with E-state index in [9.17, 15) is 0 Å². The Bertz CT molecular complexity index is 460. The lowest BCUT2D eigenvalue weighted by Gasteiger charge is -2.11. The quantitative estimate of drug-likeness (QED) is 0.790. The lowest BCUT2D eigenvalue weighted by Crippen LogP contribution is -2.17. The molecule has 1 aromatic heterocycles. The van der Waals surface area contributed by atoms with Gasteiger partial charge in [-0.05, 0) is 30.5 Å². The summed E-state index contributed by atoms with van der Waals surface area (Å²) >= 11 is 0. The van der Waals surface area contributed by atoms with Crippen LogP contribution in [0.25, 0.3) is 5.69 Å². The Balaban J connectivity index is 2.00. The van der Waals surface area contributed by atoms with Gasteiger partial charge in [0.2, 0.25) is 0 Å². The summed E-state index contributed by atoms with van der Waals surface area (Å²) in [7, 11) is 0. The maximum atomic E-state index is 4.10. The number of nitrogens with zero attached hydrogens (tertiary/aromatic N) is 2. The fourth-order valence-electron chi connectivity index (χ4n) is 1.93. The van der Waals surface area contributed by atoms with Crippen molar-refractivity contribution in [2.75, 3.05) is 6.54 Å². The molecule has 0 radical (unpaired) electrons. The molecule has 0 saturated carbocycles. The van der Waals surface area contributed by atoms with Crippen molar-refractivity contribution in [3.63, 3.8) is 0 Å². The number of hydrogen-bond acceptors (Lipinski definition) is 2. The van der Waals surface area contributed by atoms with E-state index in [0.717, 1.165) is 19.0 Å². The van der Waals surface area contributed by atoms with Crippen molar-refractivity contribution in [1.82, 2.24) is 14.9 Å². The molecular weight excluding hydrogens is 222 g/mol. The molecule has 1 aromatic carbocycles. The van der Waals surface area contributed by atoms with Crippen LogP contribution in [0.2, 0.25) is 0 Å². The van der Waals surface area contributed by atoms with Gasteiger partial charge in [-0.25, -0.2) is 4.98 Å². The molecule has 0 spiro atoms. The number of aromatic nitrogens is 2. The normalized spacial score (nSPS) is 11.1. The van der Waals surface area contributed by atoms with E-state index < -0.39 is 0 Å². The summed E-state index contributed by atoms with van der Waals surface area (Å²) in [6.07, 6.45) is 6.84. The number of nitrogens with one attached hydrogen (secondary N) is 1. The van der Waals surface area contributed by atoms with Gasteiger partial charge in [-0.3, -0.25) is 0 Å². The Labute approximate surface area is 109 Å². The summed E-state index contributed by atoms with van der Waals surface area (Å²) in [5, 5.41) is 3.50. The van der Waals surface area contributed by atoms with E-state index in [1.807, 2.05) is 18.7 Å². The van der Waals surface area contributed by atoms with Gasteiger partial charge >= 0.3 is 0 Å². The molecular formula is C15H21N3. The average Bonchev–Trinajstić information content (AvgIpc) is 2.88. The van der Waals surface area contributed by atoms with Gasteiger partial charge in [0.15, 0.2) is 0 Å². The van der Waals surface area contributed by atoms with Crippen LogP contribution in [0.15, 0.2) is 43.0 Å². The van der Waals surface area contributed by atoms with Crippen LogP contribution in [0, 0.1) is 5.92 Å². The Morgan fingerprint density at radius 1 is 1.28 bits per heavy atom. The van der Waals surface area contributed by atoms with Crippen LogP contribution in [-0.4, -0.2) is 16.1 Å². The molecule has 0 aliphatic carbocycles. The van der Waals surface area contributed by atoms with Crippen molar-refractivity contribution in [3.05, 3.63) is 48.5 Å². The Morgan fingerprint density at radius 2 is 2.11 bits per heavy atom. The number of benzene rings is 1. The molecule has 96 valence electrons. The van der Waals surface area contributed by atoms with Crippen LogP contribution in [0.1, 0.15) is 25.8 Å². The summed E-state index contributed by atoms with van der Waals surface area (Å²) in [5.74, 6) is 0.751. The third kappa shape index (κ3) is 3.44. The first kappa shape index (κ1) is 12.8. The standard InChI is InChI=1S/C15H21N3/c1-13(2)7-8-16-11-14-5-3-4-6-15(14)18-10-9-17-12-18/h3-6,9-10,12-13,16H,7-8,11H2,1-2H3. The lowest BCUT2D eigenvalue weighted by molar-refractivity contribution is 0.537. The highest BCUT2D eigenvalue weighted by Crippen LogP contribution is 2.13. The van der Waals surface area contributed by atoms with Gasteiger partial charge in [0.05, 0.1) is 12.0 Å². The van der Waals surface area contributed by atoms with Crippen molar-refractivity contribution in [2.45, 2.75) is 26.8 Å². The van der Waals surface area contributed by atoms with Crippen molar-refractivity contribution in [1.29, 1.82) is 0 Å². The van der Waals surface area contributed by atoms with Crippen LogP contribution in [0.3, 0.4) is 0 Å². The summed E-state index contributed by atoms with van der Waals surface area (Å²) in [5.41, 5.74) is 2.51. The number of imidazole rings is 1. The Morgan fingerprint density at radius 3 is 2.83 bits per heavy atom. The topological polar surface area (TPSA) is 29.9 Å². The molecule has 0 unspecified atom stereocenters. The summed E-state index contributed by atoms with van der Waals surface area (Å²) in [6, 6.07) is 8.44. The van der Waals surface area contributed by atoms with Crippen LogP contribution in [-0.2, 0) is 6.54 Å². The minimum absolute atomic E-state index is 0.751. The van der Waals surface area contributed by atoms with Crippen LogP contribution < -0.4 is 5.32 Å². The first-order valence-electron chi connectivity index (χ1n) is 6.54. The van der Waals surface area contributed by atoms with E-state index in [4.69, 9.17) is 0 Å². The SMILES string of the molecule is CC(C)CCNCc1ccccc1-n1ccnc1. The molecule has 0 saturated heterocycles. The number of para-hydroxylation sites is 1. The van der Waals surface area contributed by atoms with Crippen molar-refractivity contribution >= 4 is 0 Å². The third-order valence-corrected chi connectivity index (χ3v) is 2.99. The van der Waals surface area contributed by atoms with Gasteiger partial charge in [0, 0.05) is 18.9 Å². The molecule has 0 aliphatic heterocycles. The van der Waals surface area contributed by atoms with Crippen LogP contribution >= 0.6 is 0 Å². The highest BCUT2D eigenvalue weighted by molar-refractivity contribution is 5.40. The zero-order valence-corrected chi connectivity index (χ0v) is 11.1. The predicted molar refractivity (Wildman–Crippen MR) is 74.7 cm³/mol. The first-order valence-corrected chi connectivity index (χ1v) is 6.54. The van der Waals surface area contributed by atoms with Gasteiger partial charge in [-0.1, -0.05) is 32.0 Å². The highest BCUT2D eigenvalue weighted by Gasteiger charge is 2.03. The predicted octanol–water partition coefficient (Wildman–Crippen LogP) is 3.01. The van der Waals surface area contributed by atoms with Crippen molar-refractivity contribution < 1.29 is 0 Å². The molecule has 3 heteroatoms. The smallest absolute Gasteiger partial charge is 0.0991 e. The summed E-state index contributed by atoms with van der Waals surface area (Å²) < 4.78 is 2.06. The second kappa shape index (κ2) is 6.36. The number of rotatable bonds is 6. The lowest BCUT2D eigenvalue weighted by atomic mass is 10.1. The molecule has 0 amide bonds. The van der Waals surface area contributed by atoms with E-state index in [2.05, 4.69) is 53.0 Å². The van der Waals surface area contributed by atoms with Crippen molar-refractivity contribution in [2.24, 2.45) is 5.92 Å². The second-order valence-corrected chi connectivity index (χ2v) is 4.96. The molecule has 0 bridgehead atoms. The zero-order chi connectivity index (χ0) is 12.8. The van der Waals surface area contributed by atoms with Gasteiger partial charge in [0.1, 0.15) is 0 Å². The van der Waals surface area contributed by atoms with Gasteiger partial charge < -0.3 is 9.88 Å². The van der Waals surface area contributed by atoms with Gasteiger partial charge in [0.25, 0.3) is 0 Å². The fraction of sp³-hybridized carbons (Fsp3) is 0.400. The largest absolute Gasteiger partial charge is 0.313 e. The van der Waals surface area contributed by atoms with E-state index in [-0.39, 0.29) is 0 Å². The van der Waals surface area contributed by atoms with E-state index >= 15 is 0 Å². The Hall–Kier alpha value is -1.61. The van der Waals surface area contributed by atoms with Crippen LogP contribution in [0.4, 0.5) is 0 Å². The van der Waals surface area contributed by atoms with Crippen molar-refractivity contribution in [3.8, 4) is 5.69 Å². The average molecular weight is 243 g/mol. The zero-order valence-electron chi connectivity index (χ0n) is 11.1. The molecule has 1 N–H and O–H groups in total. The minimum Gasteiger partial charge on any atom is -0.313 e. The highest BCUT2D eigenvalue weighted by atomic mass is 15.0. The minimum atomic E-state index is 0.751. The van der Waals surface area contributed by atoms with E-state index in [0.29, 0.717) is 0 Å². The summed E-state index contributed by atoms with van der Waals surface area (Å²) in [4.78, 5) is 4.10. The molecule has 2 aromatic rings. The van der Waals surface area contributed by atoms with Crippen LogP contribution in [0.5, 0.6) is 0 Å². The third-order valence-electron chi connectivity index (χ3n) is 2.99. The maximum absolute atomic E-state index is 4.10. The number of hydrogen-bond donors (Lipinski definition) is 1. The fourth-order valence-corrected chi connectivity index (χ4v) is 1.93. The summed E-state index contributed by atoms with van der Waals surface area (Å²) in [6.45, 7) is 6.47. The molecule has 0 atom stereocenters. The monoisotopic (exact) mass is 243 g/mol. The Kier molecular flexibility index (Phi) is 4.53. The van der Waals surface area contributed by atoms with Gasteiger partial charge in [-0.15, -0.1) is 0 Å². The first-order chi connectivity index (χ1) is 8.77. The second-order valence-electron chi connectivity index (χ2n) is 4.96. The van der Waals surface area contributed by atoms with Gasteiger partial charge in [-0.2, -0.15) is 0 Å². The molecule has 3 nitrogen and oxygen atoms in total. The molecule has 0 fully saturated rings. The molecule has 2 rings (SSSR count). The molecule has 0 aliphatic rings.